The fourth-order valence-electron chi connectivity index (χ4n) is 1.95. The van der Waals surface area contributed by atoms with Crippen LogP contribution in [0, 0.1) is 0 Å². The number of hydrogen-bond donors (Lipinski definition) is 2. The second kappa shape index (κ2) is 3.37. The van der Waals surface area contributed by atoms with E-state index in [0.717, 1.165) is 28.4 Å². The van der Waals surface area contributed by atoms with Crippen LogP contribution in [-0.2, 0) is 6.42 Å². The number of aromatic carboxylic acids is 1. The molecule has 1 aliphatic rings. The number of fused-ring (bicyclic) bond motifs is 1. The molecule has 2 rings (SSSR count). The molecule has 0 radical (unpaired) electrons. The lowest BCUT2D eigenvalue weighted by atomic mass is 10.0. The zero-order valence-corrected chi connectivity index (χ0v) is 9.04. The Hall–Kier alpha value is -0.870. The first-order chi connectivity index (χ1) is 6.59. The lowest BCUT2D eigenvalue weighted by Gasteiger charge is -2.09. The van der Waals surface area contributed by atoms with E-state index < -0.39 is 5.97 Å². The monoisotopic (exact) mass is 255 g/mol. The second-order valence-electron chi connectivity index (χ2n) is 3.48. The van der Waals surface area contributed by atoms with Gasteiger partial charge in [-0.2, -0.15) is 0 Å². The van der Waals surface area contributed by atoms with Crippen LogP contribution in [0.25, 0.3) is 0 Å². The van der Waals surface area contributed by atoms with Crippen molar-refractivity contribution in [1.82, 2.24) is 0 Å². The van der Waals surface area contributed by atoms with Crippen molar-refractivity contribution in [3.63, 3.8) is 0 Å². The predicted molar refractivity (Wildman–Crippen MR) is 56.4 cm³/mol. The first-order valence-electron chi connectivity index (χ1n) is 4.41. The third-order valence-electron chi connectivity index (χ3n) is 2.56. The predicted octanol–water partition coefficient (Wildman–Crippen LogP) is 2.09. The van der Waals surface area contributed by atoms with Crippen LogP contribution in [0.15, 0.2) is 16.6 Å². The third kappa shape index (κ3) is 1.44. The quantitative estimate of drug-likeness (QED) is 0.808. The minimum Gasteiger partial charge on any atom is -0.478 e. The molecular weight excluding hydrogens is 246 g/mol. The minimum atomic E-state index is -0.903. The summed E-state index contributed by atoms with van der Waals surface area (Å²) in [6, 6.07) is 3.45. The molecular formula is C10H10BrNO2. The van der Waals surface area contributed by atoms with Gasteiger partial charge in [0.15, 0.2) is 0 Å². The maximum Gasteiger partial charge on any atom is 0.336 e. The van der Waals surface area contributed by atoms with Gasteiger partial charge in [-0.05, 0) is 36.1 Å². The number of aryl methyl sites for hydroxylation is 1. The highest BCUT2D eigenvalue weighted by Gasteiger charge is 2.25. The van der Waals surface area contributed by atoms with E-state index in [0.29, 0.717) is 5.56 Å². The number of halogens is 1. The van der Waals surface area contributed by atoms with Crippen LogP contribution in [0.5, 0.6) is 0 Å². The number of carboxylic acid groups (broad SMARTS) is 1. The minimum absolute atomic E-state index is 0.121. The number of rotatable bonds is 1. The van der Waals surface area contributed by atoms with Crippen molar-refractivity contribution < 1.29 is 9.90 Å². The molecule has 0 unspecified atom stereocenters. The fourth-order valence-corrected chi connectivity index (χ4v) is 2.46. The van der Waals surface area contributed by atoms with Gasteiger partial charge in [0.1, 0.15) is 0 Å². The summed E-state index contributed by atoms with van der Waals surface area (Å²) in [4.78, 5) is 11.0. The van der Waals surface area contributed by atoms with Crippen LogP contribution in [0.2, 0.25) is 0 Å². The molecule has 0 saturated carbocycles. The first kappa shape index (κ1) is 9.68. The Labute approximate surface area is 90.0 Å². The van der Waals surface area contributed by atoms with Gasteiger partial charge in [-0.15, -0.1) is 0 Å². The topological polar surface area (TPSA) is 63.3 Å². The van der Waals surface area contributed by atoms with Gasteiger partial charge in [-0.3, -0.25) is 0 Å². The zero-order chi connectivity index (χ0) is 10.3. The molecule has 3 nitrogen and oxygen atoms in total. The van der Waals surface area contributed by atoms with Gasteiger partial charge >= 0.3 is 5.97 Å². The average molecular weight is 256 g/mol. The SMILES string of the molecule is N[C@@H]1CCc2cc(Br)cc(C(=O)O)c21. The van der Waals surface area contributed by atoms with E-state index in [1.54, 1.807) is 6.07 Å². The Morgan fingerprint density at radius 2 is 2.29 bits per heavy atom. The summed E-state index contributed by atoms with van der Waals surface area (Å²) in [5.74, 6) is -0.903. The van der Waals surface area contributed by atoms with Crippen molar-refractivity contribution in [2.45, 2.75) is 18.9 Å². The van der Waals surface area contributed by atoms with Gasteiger partial charge in [-0.25, -0.2) is 4.79 Å². The molecule has 0 aromatic heterocycles. The summed E-state index contributed by atoms with van der Waals surface area (Å²) in [5, 5.41) is 9.01. The van der Waals surface area contributed by atoms with Crippen molar-refractivity contribution in [3.05, 3.63) is 33.3 Å². The Morgan fingerprint density at radius 1 is 1.57 bits per heavy atom. The van der Waals surface area contributed by atoms with Crippen LogP contribution < -0.4 is 5.73 Å². The lowest BCUT2D eigenvalue weighted by Crippen LogP contribution is -2.11. The van der Waals surface area contributed by atoms with E-state index in [9.17, 15) is 4.79 Å². The summed E-state index contributed by atoms with van der Waals surface area (Å²) in [5.41, 5.74) is 8.05. The molecule has 1 aromatic carbocycles. The van der Waals surface area contributed by atoms with E-state index in [1.807, 2.05) is 6.07 Å². The van der Waals surface area contributed by atoms with Gasteiger partial charge in [0, 0.05) is 10.5 Å². The van der Waals surface area contributed by atoms with Crippen LogP contribution in [0.1, 0.15) is 33.9 Å². The number of carbonyl (C=O) groups is 1. The van der Waals surface area contributed by atoms with Crippen molar-refractivity contribution in [1.29, 1.82) is 0 Å². The maximum absolute atomic E-state index is 11.0. The third-order valence-corrected chi connectivity index (χ3v) is 3.01. The van der Waals surface area contributed by atoms with Crippen LogP contribution >= 0.6 is 15.9 Å². The maximum atomic E-state index is 11.0. The summed E-state index contributed by atoms with van der Waals surface area (Å²) in [6.45, 7) is 0. The second-order valence-corrected chi connectivity index (χ2v) is 4.39. The molecule has 1 aliphatic carbocycles. The molecule has 3 N–H and O–H groups in total. The zero-order valence-electron chi connectivity index (χ0n) is 7.46. The standard InChI is InChI=1S/C10H10BrNO2/c11-6-3-5-1-2-8(12)9(5)7(4-6)10(13)14/h3-4,8H,1-2,12H2,(H,13,14)/t8-/m1/s1. The summed E-state index contributed by atoms with van der Waals surface area (Å²) in [7, 11) is 0. The molecule has 0 saturated heterocycles. The molecule has 0 fully saturated rings. The van der Waals surface area contributed by atoms with Gasteiger partial charge in [0.2, 0.25) is 0 Å². The van der Waals surface area contributed by atoms with E-state index >= 15 is 0 Å². The summed E-state index contributed by atoms with van der Waals surface area (Å²) < 4.78 is 0.808. The van der Waals surface area contributed by atoms with E-state index in [-0.39, 0.29) is 6.04 Å². The van der Waals surface area contributed by atoms with E-state index in [1.165, 1.54) is 0 Å². The number of nitrogens with two attached hydrogens (primary N) is 1. The number of carboxylic acids is 1. The van der Waals surface area contributed by atoms with Gasteiger partial charge in [0.25, 0.3) is 0 Å². The highest BCUT2D eigenvalue weighted by atomic mass is 79.9. The van der Waals surface area contributed by atoms with Crippen LogP contribution in [0.3, 0.4) is 0 Å². The molecule has 74 valence electrons. The van der Waals surface area contributed by atoms with E-state index in [2.05, 4.69) is 15.9 Å². The summed E-state index contributed by atoms with van der Waals surface area (Å²) in [6.07, 6.45) is 1.71. The highest BCUT2D eigenvalue weighted by molar-refractivity contribution is 9.10. The fraction of sp³-hybridized carbons (Fsp3) is 0.300. The van der Waals surface area contributed by atoms with Crippen LogP contribution in [0.4, 0.5) is 0 Å². The van der Waals surface area contributed by atoms with Crippen molar-refractivity contribution in [2.24, 2.45) is 5.73 Å². The van der Waals surface area contributed by atoms with Gasteiger partial charge < -0.3 is 10.8 Å². The first-order valence-corrected chi connectivity index (χ1v) is 5.20. The van der Waals surface area contributed by atoms with Crippen molar-refractivity contribution >= 4 is 21.9 Å². The summed E-state index contributed by atoms with van der Waals surface area (Å²) >= 11 is 3.30. The number of benzene rings is 1. The Bertz CT molecular complexity index is 403. The molecule has 1 aromatic rings. The van der Waals surface area contributed by atoms with Crippen molar-refractivity contribution in [3.8, 4) is 0 Å². The highest BCUT2D eigenvalue weighted by Crippen LogP contribution is 2.34. The molecule has 4 heteroatoms. The largest absolute Gasteiger partial charge is 0.478 e. The van der Waals surface area contributed by atoms with Crippen LogP contribution in [-0.4, -0.2) is 11.1 Å². The molecule has 0 amide bonds. The van der Waals surface area contributed by atoms with Crippen molar-refractivity contribution in [2.75, 3.05) is 0 Å². The Morgan fingerprint density at radius 3 is 2.93 bits per heavy atom. The molecule has 0 aliphatic heterocycles. The Balaban J connectivity index is 2.65. The average Bonchev–Trinajstić information content (AvgIpc) is 2.46. The van der Waals surface area contributed by atoms with Gasteiger partial charge in [0.05, 0.1) is 5.56 Å². The molecule has 0 bridgehead atoms. The smallest absolute Gasteiger partial charge is 0.336 e. The Kier molecular flexibility index (Phi) is 2.33. The molecule has 14 heavy (non-hydrogen) atoms. The molecule has 0 heterocycles. The molecule has 0 spiro atoms. The normalized spacial score (nSPS) is 19.4. The van der Waals surface area contributed by atoms with E-state index in [4.69, 9.17) is 10.8 Å². The van der Waals surface area contributed by atoms with Gasteiger partial charge in [-0.1, -0.05) is 15.9 Å². The lowest BCUT2D eigenvalue weighted by molar-refractivity contribution is 0.0695. The number of hydrogen-bond acceptors (Lipinski definition) is 2. The molecule has 1 atom stereocenters.